The first kappa shape index (κ1) is 21.1. The minimum Gasteiger partial charge on any atom is -0.490 e. The highest BCUT2D eigenvalue weighted by Crippen LogP contribution is 2.38. The van der Waals surface area contributed by atoms with Gasteiger partial charge in [0.1, 0.15) is 0 Å². The van der Waals surface area contributed by atoms with Crippen LogP contribution in [0, 0.1) is 0 Å². The van der Waals surface area contributed by atoms with Gasteiger partial charge in [-0.25, -0.2) is 0 Å². The lowest BCUT2D eigenvalue weighted by Crippen LogP contribution is -2.32. The van der Waals surface area contributed by atoms with E-state index in [9.17, 15) is 4.79 Å². The maximum atomic E-state index is 13.1. The van der Waals surface area contributed by atoms with E-state index in [1.807, 2.05) is 35.2 Å². The summed E-state index contributed by atoms with van der Waals surface area (Å²) < 4.78 is 13.2. The molecule has 3 aromatic rings. The summed E-state index contributed by atoms with van der Waals surface area (Å²) in [5.74, 6) is 1.85. The van der Waals surface area contributed by atoms with Gasteiger partial charge in [-0.3, -0.25) is 4.79 Å². The highest BCUT2D eigenvalue weighted by molar-refractivity contribution is 7.99. The Hall–Kier alpha value is -2.78. The molecule has 1 fully saturated rings. The van der Waals surface area contributed by atoms with E-state index < -0.39 is 0 Å². The molecule has 0 bridgehead atoms. The van der Waals surface area contributed by atoms with E-state index in [2.05, 4.69) is 15.5 Å². The lowest BCUT2D eigenvalue weighted by atomic mass is 10.0. The lowest BCUT2D eigenvalue weighted by Gasteiger charge is -2.25. The first-order chi connectivity index (χ1) is 15.7. The fraction of sp³-hybridized carbons (Fsp3) is 0.364. The summed E-state index contributed by atoms with van der Waals surface area (Å²) >= 11 is 7.30. The maximum Gasteiger partial charge on any atom is 0.233 e. The molecule has 0 radical (unpaired) electrons. The fourth-order valence-electron chi connectivity index (χ4n) is 4.02. The standard InChI is InChI=1S/C22H22ClN5O3S/c23-16-5-7-17(8-6-16)28-22(24-25-26-28)32-14-21(29)27-10-1-3-18(27)15-4-9-19-20(13-15)31-12-2-11-30-19/h4-9,13,18H,1-3,10-12,14H2. The number of ether oxygens (including phenoxy) is 2. The van der Waals surface area contributed by atoms with Crippen molar-refractivity contribution in [1.82, 2.24) is 25.1 Å². The van der Waals surface area contributed by atoms with E-state index in [1.165, 1.54) is 11.8 Å². The van der Waals surface area contributed by atoms with Gasteiger partial charge in [-0.1, -0.05) is 29.4 Å². The molecule has 3 heterocycles. The van der Waals surface area contributed by atoms with Crippen LogP contribution < -0.4 is 9.47 Å². The van der Waals surface area contributed by atoms with Crippen LogP contribution in [0.5, 0.6) is 11.5 Å². The molecule has 10 heteroatoms. The van der Waals surface area contributed by atoms with E-state index in [0.717, 1.165) is 48.6 Å². The molecule has 0 aliphatic carbocycles. The number of halogens is 1. The third-order valence-corrected chi connectivity index (χ3v) is 6.72. The zero-order chi connectivity index (χ0) is 21.9. The van der Waals surface area contributed by atoms with Crippen molar-refractivity contribution in [1.29, 1.82) is 0 Å². The Morgan fingerprint density at radius 2 is 1.91 bits per heavy atom. The van der Waals surface area contributed by atoms with Gasteiger partial charge in [0, 0.05) is 18.0 Å². The molecule has 2 aliphatic heterocycles. The second-order valence-electron chi connectivity index (χ2n) is 7.64. The molecule has 166 valence electrons. The lowest BCUT2D eigenvalue weighted by molar-refractivity contribution is -0.129. The minimum atomic E-state index is 0.0347. The van der Waals surface area contributed by atoms with Gasteiger partial charge in [0.2, 0.25) is 11.1 Å². The normalized spacial score (nSPS) is 17.9. The number of nitrogens with zero attached hydrogens (tertiary/aromatic N) is 5. The van der Waals surface area contributed by atoms with Crippen LogP contribution in [0.4, 0.5) is 0 Å². The van der Waals surface area contributed by atoms with Crippen molar-refractivity contribution in [3.05, 3.63) is 53.1 Å². The quantitative estimate of drug-likeness (QED) is 0.521. The number of hydrogen-bond acceptors (Lipinski definition) is 7. The van der Waals surface area contributed by atoms with Gasteiger partial charge in [-0.2, -0.15) is 4.68 Å². The van der Waals surface area contributed by atoms with Crippen molar-refractivity contribution >= 4 is 29.3 Å². The third kappa shape index (κ3) is 4.40. The van der Waals surface area contributed by atoms with Crippen LogP contribution in [0.3, 0.4) is 0 Å². The molecule has 1 amide bonds. The molecule has 1 unspecified atom stereocenters. The molecule has 0 saturated carbocycles. The van der Waals surface area contributed by atoms with Crippen LogP contribution in [0.1, 0.15) is 30.9 Å². The number of hydrogen-bond donors (Lipinski definition) is 0. The molecule has 8 nitrogen and oxygen atoms in total. The average molecular weight is 472 g/mol. The molecular weight excluding hydrogens is 450 g/mol. The second-order valence-corrected chi connectivity index (χ2v) is 9.02. The van der Waals surface area contributed by atoms with E-state index in [4.69, 9.17) is 21.1 Å². The molecule has 1 aromatic heterocycles. The van der Waals surface area contributed by atoms with Crippen molar-refractivity contribution in [3.8, 4) is 17.2 Å². The number of carbonyl (C=O) groups is 1. The summed E-state index contributed by atoms with van der Waals surface area (Å²) in [5.41, 5.74) is 1.87. The second kappa shape index (κ2) is 9.38. The maximum absolute atomic E-state index is 13.1. The van der Waals surface area contributed by atoms with Crippen molar-refractivity contribution < 1.29 is 14.3 Å². The Labute approximate surface area is 194 Å². The van der Waals surface area contributed by atoms with E-state index in [-0.39, 0.29) is 17.7 Å². The van der Waals surface area contributed by atoms with Crippen LogP contribution >= 0.6 is 23.4 Å². The van der Waals surface area contributed by atoms with Gasteiger partial charge in [0.15, 0.2) is 11.5 Å². The first-order valence-corrected chi connectivity index (χ1v) is 11.9. The summed E-state index contributed by atoms with van der Waals surface area (Å²) in [6.07, 6.45) is 2.77. The summed E-state index contributed by atoms with van der Waals surface area (Å²) in [6.45, 7) is 2.04. The van der Waals surface area contributed by atoms with Crippen molar-refractivity contribution in [2.45, 2.75) is 30.5 Å². The van der Waals surface area contributed by atoms with Crippen LogP contribution in [-0.4, -0.2) is 56.5 Å². The third-order valence-electron chi connectivity index (χ3n) is 5.57. The SMILES string of the molecule is O=C(CSc1nnnn1-c1ccc(Cl)cc1)N1CCCC1c1ccc2c(c1)OCCCO2. The van der Waals surface area contributed by atoms with Crippen molar-refractivity contribution in [3.63, 3.8) is 0 Å². The Bertz CT molecular complexity index is 1110. The topological polar surface area (TPSA) is 82.4 Å². The highest BCUT2D eigenvalue weighted by Gasteiger charge is 2.31. The van der Waals surface area contributed by atoms with Crippen LogP contribution in [-0.2, 0) is 4.79 Å². The molecule has 32 heavy (non-hydrogen) atoms. The van der Waals surface area contributed by atoms with Gasteiger partial charge in [0.05, 0.1) is 30.7 Å². The Kier molecular flexibility index (Phi) is 6.18. The first-order valence-electron chi connectivity index (χ1n) is 10.6. The molecule has 0 spiro atoms. The average Bonchev–Trinajstić information content (AvgIpc) is 3.43. The predicted octanol–water partition coefficient (Wildman–Crippen LogP) is 3.93. The number of tetrazole rings is 1. The number of amides is 1. The van der Waals surface area contributed by atoms with Crippen molar-refractivity contribution in [2.24, 2.45) is 0 Å². The smallest absolute Gasteiger partial charge is 0.233 e. The fourth-order valence-corrected chi connectivity index (χ4v) is 4.92. The number of rotatable bonds is 5. The molecule has 1 saturated heterocycles. The Balaban J connectivity index is 1.28. The monoisotopic (exact) mass is 471 g/mol. The zero-order valence-electron chi connectivity index (χ0n) is 17.3. The highest BCUT2D eigenvalue weighted by atomic mass is 35.5. The molecule has 1 atom stereocenters. The molecule has 0 N–H and O–H groups in total. The van der Waals surface area contributed by atoms with Crippen LogP contribution in [0.15, 0.2) is 47.6 Å². The van der Waals surface area contributed by atoms with E-state index in [0.29, 0.717) is 23.4 Å². The van der Waals surface area contributed by atoms with Gasteiger partial charge < -0.3 is 14.4 Å². The number of thioether (sulfide) groups is 1. The summed E-state index contributed by atoms with van der Waals surface area (Å²) in [4.78, 5) is 15.1. The Morgan fingerprint density at radius 1 is 1.09 bits per heavy atom. The van der Waals surface area contributed by atoms with E-state index >= 15 is 0 Å². The van der Waals surface area contributed by atoms with Gasteiger partial charge >= 0.3 is 0 Å². The van der Waals surface area contributed by atoms with Gasteiger partial charge in [-0.05, 0) is 65.2 Å². The predicted molar refractivity (Wildman–Crippen MR) is 121 cm³/mol. The minimum absolute atomic E-state index is 0.0347. The Morgan fingerprint density at radius 3 is 2.75 bits per heavy atom. The van der Waals surface area contributed by atoms with Crippen molar-refractivity contribution in [2.75, 3.05) is 25.5 Å². The molecule has 5 rings (SSSR count). The van der Waals surface area contributed by atoms with Crippen LogP contribution in [0.2, 0.25) is 5.02 Å². The number of likely N-dealkylation sites (tertiary alicyclic amines) is 1. The summed E-state index contributed by atoms with van der Waals surface area (Å²) in [5, 5.41) is 13.1. The summed E-state index contributed by atoms with van der Waals surface area (Å²) in [7, 11) is 0. The largest absolute Gasteiger partial charge is 0.490 e. The molecular formula is C22H22ClN5O3S. The molecule has 2 aliphatic rings. The molecule has 2 aromatic carbocycles. The van der Waals surface area contributed by atoms with Crippen LogP contribution in [0.25, 0.3) is 5.69 Å². The number of fused-ring (bicyclic) bond motifs is 1. The zero-order valence-corrected chi connectivity index (χ0v) is 18.9. The van der Waals surface area contributed by atoms with Gasteiger partial charge in [0.25, 0.3) is 0 Å². The summed E-state index contributed by atoms with van der Waals surface area (Å²) in [6, 6.07) is 13.3. The number of aromatic nitrogens is 4. The number of carbonyl (C=O) groups excluding carboxylic acids is 1. The van der Waals surface area contributed by atoms with E-state index in [1.54, 1.807) is 16.8 Å². The number of benzene rings is 2. The van der Waals surface area contributed by atoms with Gasteiger partial charge in [-0.15, -0.1) is 5.10 Å².